The summed E-state index contributed by atoms with van der Waals surface area (Å²) in [5, 5.41) is 65.8. The van der Waals surface area contributed by atoms with Gasteiger partial charge < -0.3 is 40.7 Å². The maximum atomic E-state index is 13.1. The molecule has 358 valence electrons. The third-order valence-electron chi connectivity index (χ3n) is 13.3. The average molecular weight is 856 g/mol. The van der Waals surface area contributed by atoms with Crippen molar-refractivity contribution in [3.05, 3.63) is 0 Å². The lowest BCUT2D eigenvalue weighted by molar-refractivity contribution is -0.182. The van der Waals surface area contributed by atoms with E-state index in [1.165, 1.54) is 186 Å². The number of nitrogens with one attached hydrogen (secondary N) is 1. The summed E-state index contributed by atoms with van der Waals surface area (Å²) in [4.78, 5) is 13.1. The second-order valence-electron chi connectivity index (χ2n) is 19.0. The zero-order chi connectivity index (χ0) is 43.9. The van der Waals surface area contributed by atoms with Gasteiger partial charge in [0.05, 0.1) is 31.0 Å². The van der Waals surface area contributed by atoms with Crippen molar-refractivity contribution in [3.63, 3.8) is 0 Å². The average Bonchev–Trinajstić information content (AvgIpc) is 3.25. The molecule has 0 radical (unpaired) electrons. The van der Waals surface area contributed by atoms with Crippen molar-refractivity contribution in [2.45, 2.75) is 301 Å². The van der Waals surface area contributed by atoms with Gasteiger partial charge in [-0.2, -0.15) is 0 Å². The first kappa shape index (κ1) is 57.2. The first-order valence-corrected chi connectivity index (χ1v) is 26.2. The van der Waals surface area contributed by atoms with Crippen LogP contribution in [-0.2, 0) is 9.53 Å². The zero-order valence-corrected chi connectivity index (χ0v) is 39.4. The largest absolute Gasteiger partial charge is 0.396 e. The number of unbranched alkanes of at least 4 members (excludes halogenated alkanes) is 33. The third-order valence-corrected chi connectivity index (χ3v) is 13.3. The minimum Gasteiger partial charge on any atom is -0.396 e. The van der Waals surface area contributed by atoms with Crippen LogP contribution < -0.4 is 5.32 Å². The predicted molar refractivity (Wildman–Crippen MR) is 249 cm³/mol. The monoisotopic (exact) mass is 856 g/mol. The molecule has 0 aromatic rings. The molecule has 1 fully saturated rings. The molecule has 3 unspecified atom stereocenters. The van der Waals surface area contributed by atoms with Gasteiger partial charge in [0.15, 0.2) is 0 Å². The summed E-state index contributed by atoms with van der Waals surface area (Å²) < 4.78 is 5.93. The van der Waals surface area contributed by atoms with Crippen molar-refractivity contribution in [1.82, 2.24) is 5.32 Å². The Bertz CT molecular complexity index is 924. The lowest BCUT2D eigenvalue weighted by atomic mass is 9.81. The second kappa shape index (κ2) is 40.9. The lowest BCUT2D eigenvalue weighted by Crippen LogP contribution is -2.57. The third kappa shape index (κ3) is 30.3. The zero-order valence-electron chi connectivity index (χ0n) is 39.4. The normalized spacial score (nSPS) is 21.0. The van der Waals surface area contributed by atoms with Crippen molar-refractivity contribution in [2.75, 3.05) is 13.2 Å². The number of carbonyl (C=O) groups is 1. The molecular weight excluding hydrogens is 755 g/mol. The van der Waals surface area contributed by atoms with Gasteiger partial charge in [-0.15, -0.1) is 0 Å². The van der Waals surface area contributed by atoms with Crippen LogP contribution in [0.4, 0.5) is 0 Å². The van der Waals surface area contributed by atoms with Crippen LogP contribution in [0.2, 0.25) is 0 Å². The second-order valence-corrected chi connectivity index (χ2v) is 19.0. The molecule has 9 nitrogen and oxygen atoms in total. The highest BCUT2D eigenvalue weighted by atomic mass is 16.5. The van der Waals surface area contributed by atoms with Crippen LogP contribution in [0.5, 0.6) is 0 Å². The molecule has 0 spiro atoms. The molecular formula is C51H101NO8. The van der Waals surface area contributed by atoms with Crippen molar-refractivity contribution in [1.29, 1.82) is 0 Å². The summed E-state index contributed by atoms with van der Waals surface area (Å²) in [7, 11) is 0. The number of ether oxygens (including phenoxy) is 1. The smallest absolute Gasteiger partial charge is 0.220 e. The molecule has 1 rings (SSSR count). The van der Waals surface area contributed by atoms with Crippen LogP contribution in [0.15, 0.2) is 0 Å². The molecule has 0 heterocycles. The predicted octanol–water partition coefficient (Wildman–Crippen LogP) is 11.1. The molecule has 0 saturated heterocycles. The summed E-state index contributed by atoms with van der Waals surface area (Å²) in [6.07, 6.45) is 38.3. The standard InChI is InChI=1S/C51H101NO8/c1-3-5-7-9-11-13-15-17-18-19-20-21-22-23-24-25-26-27-29-31-33-35-37-39-47(55)52-44(42-60-46-40-43(41-53)48(56)51(59)50(46)58)49(57)45(54)38-36-34-32-30-28-16-14-12-10-8-6-4-2/h43-46,48-51,53-54,56-59H,3-42H2,1-2H3,(H,52,55)/t43?,44-,45+,46-,48?,49-,50?,51-/m0/s1. The minimum atomic E-state index is -1.48. The van der Waals surface area contributed by atoms with E-state index in [1.54, 1.807) is 0 Å². The van der Waals surface area contributed by atoms with Crippen molar-refractivity contribution < 1.29 is 40.2 Å². The Kier molecular flexibility index (Phi) is 39.0. The molecule has 9 heteroatoms. The van der Waals surface area contributed by atoms with E-state index in [0.717, 1.165) is 38.5 Å². The van der Waals surface area contributed by atoms with Gasteiger partial charge in [-0.05, 0) is 19.3 Å². The Morgan fingerprint density at radius 1 is 0.517 bits per heavy atom. The molecule has 1 aliphatic rings. The molecule has 0 aliphatic heterocycles. The summed E-state index contributed by atoms with van der Waals surface area (Å²) >= 11 is 0. The van der Waals surface area contributed by atoms with E-state index in [0.29, 0.717) is 12.8 Å². The van der Waals surface area contributed by atoms with E-state index in [2.05, 4.69) is 19.2 Å². The maximum absolute atomic E-state index is 13.1. The highest BCUT2D eigenvalue weighted by Gasteiger charge is 2.43. The SMILES string of the molecule is CCCCCCCCCCCCCCCCCCCCCCCCCC(=O)N[C@@H](CO[C@H]1CC(CO)C(O)[C@H](O)C1O)[C@H](O)[C@H](O)CCCCCCCCCCCCCC. The Morgan fingerprint density at radius 3 is 1.23 bits per heavy atom. The number of hydrogen-bond acceptors (Lipinski definition) is 8. The van der Waals surface area contributed by atoms with Gasteiger partial charge in [0.1, 0.15) is 18.3 Å². The Morgan fingerprint density at radius 2 is 0.867 bits per heavy atom. The van der Waals surface area contributed by atoms with E-state index in [4.69, 9.17) is 4.74 Å². The van der Waals surface area contributed by atoms with Gasteiger partial charge in [-0.3, -0.25) is 4.79 Å². The highest BCUT2D eigenvalue weighted by Crippen LogP contribution is 2.28. The van der Waals surface area contributed by atoms with Gasteiger partial charge >= 0.3 is 0 Å². The van der Waals surface area contributed by atoms with E-state index in [1.807, 2.05) is 0 Å². The molecule has 1 aliphatic carbocycles. The van der Waals surface area contributed by atoms with Crippen LogP contribution in [0.1, 0.15) is 258 Å². The van der Waals surface area contributed by atoms with Gasteiger partial charge in [0, 0.05) is 18.9 Å². The van der Waals surface area contributed by atoms with Crippen molar-refractivity contribution in [2.24, 2.45) is 5.92 Å². The summed E-state index contributed by atoms with van der Waals surface area (Å²) in [6, 6.07) is -0.905. The molecule has 0 bridgehead atoms. The van der Waals surface area contributed by atoms with Crippen LogP contribution in [-0.4, -0.2) is 92.4 Å². The lowest BCUT2D eigenvalue weighted by Gasteiger charge is -2.40. The van der Waals surface area contributed by atoms with Gasteiger partial charge in [0.25, 0.3) is 0 Å². The first-order chi connectivity index (χ1) is 29.3. The quantitative estimate of drug-likeness (QED) is 0.0298. The minimum absolute atomic E-state index is 0.119. The van der Waals surface area contributed by atoms with Crippen LogP contribution >= 0.6 is 0 Å². The highest BCUT2D eigenvalue weighted by molar-refractivity contribution is 5.76. The van der Waals surface area contributed by atoms with Crippen LogP contribution in [0.3, 0.4) is 0 Å². The Hall–Kier alpha value is -0.810. The fourth-order valence-electron chi connectivity index (χ4n) is 9.06. The molecule has 1 saturated carbocycles. The van der Waals surface area contributed by atoms with Crippen molar-refractivity contribution >= 4 is 5.91 Å². The maximum Gasteiger partial charge on any atom is 0.220 e. The molecule has 1 amide bonds. The van der Waals surface area contributed by atoms with Crippen LogP contribution in [0, 0.1) is 5.92 Å². The molecule has 0 aromatic carbocycles. The van der Waals surface area contributed by atoms with Gasteiger partial charge in [-0.1, -0.05) is 232 Å². The number of aliphatic hydroxyl groups excluding tert-OH is 6. The van der Waals surface area contributed by atoms with Gasteiger partial charge in [0.2, 0.25) is 5.91 Å². The fourth-order valence-corrected chi connectivity index (χ4v) is 9.06. The number of carbonyl (C=O) groups excluding carboxylic acids is 1. The number of aliphatic hydroxyl groups is 6. The Balaban J connectivity index is 2.26. The number of amides is 1. The fraction of sp³-hybridized carbons (Fsp3) is 0.980. The molecule has 60 heavy (non-hydrogen) atoms. The molecule has 7 N–H and O–H groups in total. The van der Waals surface area contributed by atoms with E-state index in [-0.39, 0.29) is 25.5 Å². The number of hydrogen-bond donors (Lipinski definition) is 7. The van der Waals surface area contributed by atoms with Crippen molar-refractivity contribution in [3.8, 4) is 0 Å². The van der Waals surface area contributed by atoms with E-state index >= 15 is 0 Å². The van der Waals surface area contributed by atoms with Crippen LogP contribution in [0.25, 0.3) is 0 Å². The summed E-state index contributed by atoms with van der Waals surface area (Å²) in [6.45, 7) is 3.98. The van der Waals surface area contributed by atoms with Gasteiger partial charge in [-0.25, -0.2) is 0 Å². The van der Waals surface area contributed by atoms with E-state index < -0.39 is 48.6 Å². The topological polar surface area (TPSA) is 160 Å². The molecule has 8 atom stereocenters. The molecule has 0 aromatic heterocycles. The number of rotatable bonds is 44. The van der Waals surface area contributed by atoms with E-state index in [9.17, 15) is 35.4 Å². The Labute approximate surface area is 370 Å². The summed E-state index contributed by atoms with van der Waals surface area (Å²) in [5.74, 6) is -0.877. The first-order valence-electron chi connectivity index (χ1n) is 26.2. The summed E-state index contributed by atoms with van der Waals surface area (Å²) in [5.41, 5.74) is 0.